The van der Waals surface area contributed by atoms with Crippen LogP contribution in [0.5, 0.6) is 0 Å². The maximum Gasteiger partial charge on any atom is 0.474 e. The highest BCUT2D eigenvalue weighted by Crippen LogP contribution is 2.13. The molecule has 0 fully saturated rings. The predicted octanol–water partition coefficient (Wildman–Crippen LogP) is 0.699. The summed E-state index contributed by atoms with van der Waals surface area (Å²) in [6.45, 7) is 3.14. The van der Waals surface area contributed by atoms with Gasteiger partial charge in [0.05, 0.1) is 6.42 Å². The topological polar surface area (TPSA) is 55.4 Å². The van der Waals surface area contributed by atoms with E-state index < -0.39 is 18.1 Å². The molecule has 0 unspecified atom stereocenters. The molecule has 0 heterocycles. The van der Waals surface area contributed by atoms with Crippen molar-refractivity contribution in [3.05, 3.63) is 12.7 Å². The fourth-order valence-electron chi connectivity index (χ4n) is 0.321. The van der Waals surface area contributed by atoms with Crippen molar-refractivity contribution >= 4 is 11.9 Å². The number of carbonyl (C=O) groups excluding carboxylic acids is 2. The molecule has 4 nitrogen and oxygen atoms in total. The molecule has 1 N–H and O–H groups in total. The number of nitrogens with one attached hydrogen (secondary N) is 1. The zero-order valence-electron chi connectivity index (χ0n) is 6.35. The lowest BCUT2D eigenvalue weighted by Gasteiger charge is -2.06. The minimum absolute atomic E-state index is 0.280. The third-order valence-corrected chi connectivity index (χ3v) is 0.826. The Hall–Kier alpha value is -1.53. The van der Waals surface area contributed by atoms with Gasteiger partial charge in [-0.25, -0.2) is 4.79 Å². The molecule has 0 rings (SSSR count). The third-order valence-electron chi connectivity index (χ3n) is 0.826. The molecule has 1 amide bonds. The number of halogens is 3. The van der Waals surface area contributed by atoms with Crippen molar-refractivity contribution in [1.29, 1.82) is 0 Å². The number of hydroxylamine groups is 1. The standard InChI is InChI=1S/C6H6F3NO3/c1-2-3-4(11)13-10-5(12)6(7,8)9/h2H,1,3H2,(H,10,12). The fourth-order valence-corrected chi connectivity index (χ4v) is 0.321. The zero-order valence-corrected chi connectivity index (χ0v) is 6.35. The zero-order chi connectivity index (χ0) is 10.5. The highest BCUT2D eigenvalue weighted by Gasteiger charge is 2.39. The number of rotatable bonds is 2. The second kappa shape index (κ2) is 4.48. The first-order valence-corrected chi connectivity index (χ1v) is 3.05. The first-order chi connectivity index (χ1) is 5.88. The molecule has 0 aliphatic heterocycles. The predicted molar refractivity (Wildman–Crippen MR) is 35.1 cm³/mol. The Bertz CT molecular complexity index is 224. The maximum absolute atomic E-state index is 11.5. The van der Waals surface area contributed by atoms with Crippen molar-refractivity contribution in [3.8, 4) is 0 Å². The Kier molecular flexibility index (Phi) is 3.96. The summed E-state index contributed by atoms with van der Waals surface area (Å²) in [7, 11) is 0. The first kappa shape index (κ1) is 11.5. The molecule has 0 aromatic carbocycles. The summed E-state index contributed by atoms with van der Waals surface area (Å²) >= 11 is 0. The van der Waals surface area contributed by atoms with Gasteiger partial charge in [-0.15, -0.1) is 6.58 Å². The van der Waals surface area contributed by atoms with E-state index in [9.17, 15) is 22.8 Å². The van der Waals surface area contributed by atoms with Crippen LogP contribution in [0, 0.1) is 0 Å². The monoisotopic (exact) mass is 197 g/mol. The summed E-state index contributed by atoms with van der Waals surface area (Å²) in [6, 6.07) is 0. The average Bonchev–Trinajstić information content (AvgIpc) is 1.99. The van der Waals surface area contributed by atoms with Crippen molar-refractivity contribution in [2.75, 3.05) is 0 Å². The van der Waals surface area contributed by atoms with Crippen molar-refractivity contribution < 1.29 is 27.6 Å². The summed E-state index contributed by atoms with van der Waals surface area (Å²) < 4.78 is 34.4. The van der Waals surface area contributed by atoms with Gasteiger partial charge in [-0.05, 0) is 0 Å². The highest BCUT2D eigenvalue weighted by molar-refractivity contribution is 5.82. The van der Waals surface area contributed by atoms with E-state index >= 15 is 0 Å². The van der Waals surface area contributed by atoms with Crippen LogP contribution in [-0.4, -0.2) is 18.1 Å². The van der Waals surface area contributed by atoms with E-state index in [-0.39, 0.29) is 6.42 Å². The van der Waals surface area contributed by atoms with E-state index in [2.05, 4.69) is 11.4 Å². The number of alkyl halides is 3. The number of hydrogen-bond acceptors (Lipinski definition) is 3. The molecule has 7 heteroatoms. The lowest BCUT2D eigenvalue weighted by Crippen LogP contribution is -2.38. The molecule has 0 radical (unpaired) electrons. The molecule has 0 spiro atoms. The van der Waals surface area contributed by atoms with E-state index in [0.717, 1.165) is 11.6 Å². The molecule has 0 atom stereocenters. The molecule has 0 saturated carbocycles. The second-order valence-electron chi connectivity index (χ2n) is 1.90. The van der Waals surface area contributed by atoms with Gasteiger partial charge in [-0.3, -0.25) is 4.79 Å². The summed E-state index contributed by atoms with van der Waals surface area (Å²) in [5, 5.41) is 0. The second-order valence-corrected chi connectivity index (χ2v) is 1.90. The van der Waals surface area contributed by atoms with E-state index in [1.54, 1.807) is 0 Å². The molecule has 0 aromatic heterocycles. The van der Waals surface area contributed by atoms with E-state index in [1.807, 2.05) is 0 Å². The molecule has 0 aliphatic rings. The third kappa shape index (κ3) is 4.83. The van der Waals surface area contributed by atoms with E-state index in [4.69, 9.17) is 0 Å². The minimum Gasteiger partial charge on any atom is -0.340 e. The number of hydrogen-bond donors (Lipinski definition) is 1. The lowest BCUT2D eigenvalue weighted by atomic mass is 10.4. The van der Waals surface area contributed by atoms with Crippen LogP contribution in [0.2, 0.25) is 0 Å². The molecule has 0 aromatic rings. The minimum atomic E-state index is -5.06. The van der Waals surface area contributed by atoms with Gasteiger partial charge in [0.15, 0.2) is 0 Å². The summed E-state index contributed by atoms with van der Waals surface area (Å²) in [6.07, 6.45) is -4.21. The molecular formula is C6H6F3NO3. The van der Waals surface area contributed by atoms with Crippen molar-refractivity contribution in [2.24, 2.45) is 0 Å². The summed E-state index contributed by atoms with van der Waals surface area (Å²) in [5.41, 5.74) is 0.946. The molecule has 0 saturated heterocycles. The summed E-state index contributed by atoms with van der Waals surface area (Å²) in [5.74, 6) is -3.35. The largest absolute Gasteiger partial charge is 0.474 e. The van der Waals surface area contributed by atoms with Crippen LogP contribution in [0.3, 0.4) is 0 Å². The van der Waals surface area contributed by atoms with E-state index in [1.165, 1.54) is 0 Å². The van der Waals surface area contributed by atoms with Crippen LogP contribution < -0.4 is 5.48 Å². The average molecular weight is 197 g/mol. The van der Waals surface area contributed by atoms with Gasteiger partial charge in [0.25, 0.3) is 0 Å². The van der Waals surface area contributed by atoms with Gasteiger partial charge in [-0.1, -0.05) is 6.08 Å². The van der Waals surface area contributed by atoms with Crippen LogP contribution in [-0.2, 0) is 14.4 Å². The van der Waals surface area contributed by atoms with Crippen LogP contribution >= 0.6 is 0 Å². The van der Waals surface area contributed by atoms with Gasteiger partial charge in [0.2, 0.25) is 0 Å². The molecule has 13 heavy (non-hydrogen) atoms. The molecule has 74 valence electrons. The van der Waals surface area contributed by atoms with Crippen molar-refractivity contribution in [3.63, 3.8) is 0 Å². The fraction of sp³-hybridized carbons (Fsp3) is 0.333. The quantitative estimate of drug-likeness (QED) is 0.523. The van der Waals surface area contributed by atoms with Crippen LogP contribution in [0.25, 0.3) is 0 Å². The van der Waals surface area contributed by atoms with Gasteiger partial charge in [0.1, 0.15) is 0 Å². The summed E-state index contributed by atoms with van der Waals surface area (Å²) in [4.78, 5) is 24.2. The molecule has 0 aliphatic carbocycles. The highest BCUT2D eigenvalue weighted by atomic mass is 19.4. The SMILES string of the molecule is C=CCC(=O)ONC(=O)C(F)(F)F. The Balaban J connectivity index is 3.84. The van der Waals surface area contributed by atoms with E-state index in [0.29, 0.717) is 0 Å². The lowest BCUT2D eigenvalue weighted by molar-refractivity contribution is -0.189. The Labute approximate surface area is 71.3 Å². The van der Waals surface area contributed by atoms with Crippen LogP contribution in [0.15, 0.2) is 12.7 Å². The Morgan fingerprint density at radius 1 is 1.46 bits per heavy atom. The van der Waals surface area contributed by atoms with Crippen LogP contribution in [0.4, 0.5) is 13.2 Å². The van der Waals surface area contributed by atoms with Gasteiger partial charge >= 0.3 is 18.1 Å². The van der Waals surface area contributed by atoms with Crippen molar-refractivity contribution in [1.82, 2.24) is 5.48 Å². The normalized spacial score (nSPS) is 10.4. The number of carbonyl (C=O) groups is 2. The van der Waals surface area contributed by atoms with Crippen molar-refractivity contribution in [2.45, 2.75) is 12.6 Å². The maximum atomic E-state index is 11.5. The molecule has 0 bridgehead atoms. The molecular weight excluding hydrogens is 191 g/mol. The van der Waals surface area contributed by atoms with Gasteiger partial charge in [-0.2, -0.15) is 18.7 Å². The number of amides is 1. The smallest absolute Gasteiger partial charge is 0.340 e. The van der Waals surface area contributed by atoms with Gasteiger partial charge in [0, 0.05) is 0 Å². The Morgan fingerprint density at radius 3 is 2.38 bits per heavy atom. The first-order valence-electron chi connectivity index (χ1n) is 3.05. The van der Waals surface area contributed by atoms with Crippen LogP contribution in [0.1, 0.15) is 6.42 Å². The Morgan fingerprint density at radius 2 is 2.00 bits per heavy atom. The van der Waals surface area contributed by atoms with Gasteiger partial charge < -0.3 is 4.84 Å².